The summed E-state index contributed by atoms with van der Waals surface area (Å²) in [6.07, 6.45) is 5.89. The highest BCUT2D eigenvalue weighted by Crippen LogP contribution is 2.37. The number of esters is 1. The van der Waals surface area contributed by atoms with Crippen LogP contribution in [-0.4, -0.2) is 49.1 Å². The van der Waals surface area contributed by atoms with Crippen LogP contribution in [0.2, 0.25) is 5.02 Å². The normalized spacial score (nSPS) is 15.7. The van der Waals surface area contributed by atoms with E-state index in [0.717, 1.165) is 69.3 Å². The third-order valence-electron chi connectivity index (χ3n) is 8.38. The van der Waals surface area contributed by atoms with Crippen LogP contribution in [0.1, 0.15) is 74.7 Å². The Bertz CT molecular complexity index is 1260. The fourth-order valence-corrected chi connectivity index (χ4v) is 6.13. The van der Waals surface area contributed by atoms with Crippen molar-refractivity contribution < 1.29 is 14.3 Å². The summed E-state index contributed by atoms with van der Waals surface area (Å²) >= 11 is 6.28. The Labute approximate surface area is 250 Å². The van der Waals surface area contributed by atoms with Gasteiger partial charge in [0.15, 0.2) is 0 Å². The van der Waals surface area contributed by atoms with Gasteiger partial charge in [0.2, 0.25) is 0 Å². The number of hydrogen-bond acceptors (Lipinski definition) is 4. The predicted octanol–water partition coefficient (Wildman–Crippen LogP) is 7.67. The van der Waals surface area contributed by atoms with E-state index >= 15 is 0 Å². The molecular weight excluding hydrogens is 532 g/mol. The van der Waals surface area contributed by atoms with E-state index < -0.39 is 0 Å². The van der Waals surface area contributed by atoms with E-state index in [1.54, 1.807) is 6.07 Å². The van der Waals surface area contributed by atoms with Crippen LogP contribution >= 0.6 is 11.6 Å². The molecule has 1 amide bonds. The number of benzene rings is 3. The molecule has 0 bridgehead atoms. The first kappa shape index (κ1) is 30.8. The maximum absolute atomic E-state index is 13.3. The fourth-order valence-electron chi connectivity index (χ4n) is 5.95. The van der Waals surface area contributed by atoms with Gasteiger partial charge in [0.1, 0.15) is 0 Å². The standard InChI is InChI=1S/C35H43ClN2O3/c1-3-24-41-33(39)26-35(4-2,28-14-9-6-10-15-28)20-11-21-38-22-18-30(19-23-38)37-34(40)32-25-29(36)16-17-31(32)27-12-7-5-8-13-27/h5-10,12-17,25,30H,3-4,11,18-24,26H2,1-2H3,(H,37,40). The first-order valence-corrected chi connectivity index (χ1v) is 15.4. The number of ether oxygens (including phenoxy) is 1. The first-order chi connectivity index (χ1) is 19.9. The van der Waals surface area contributed by atoms with Crippen LogP contribution in [0.25, 0.3) is 11.1 Å². The topological polar surface area (TPSA) is 58.6 Å². The summed E-state index contributed by atoms with van der Waals surface area (Å²) in [7, 11) is 0. The Morgan fingerprint density at radius 3 is 2.32 bits per heavy atom. The highest BCUT2D eigenvalue weighted by molar-refractivity contribution is 6.31. The van der Waals surface area contributed by atoms with Crippen molar-refractivity contribution in [2.24, 2.45) is 0 Å². The van der Waals surface area contributed by atoms with Crippen LogP contribution < -0.4 is 5.32 Å². The molecule has 0 saturated carbocycles. The van der Waals surface area contributed by atoms with E-state index in [9.17, 15) is 9.59 Å². The van der Waals surface area contributed by atoms with Crippen molar-refractivity contribution in [1.82, 2.24) is 10.2 Å². The van der Waals surface area contributed by atoms with Gasteiger partial charge in [-0.2, -0.15) is 0 Å². The van der Waals surface area contributed by atoms with E-state index in [4.69, 9.17) is 16.3 Å². The zero-order chi connectivity index (χ0) is 29.1. The molecule has 3 aromatic rings. The van der Waals surface area contributed by atoms with Gasteiger partial charge in [0.05, 0.1) is 13.0 Å². The highest BCUT2D eigenvalue weighted by atomic mass is 35.5. The molecule has 1 heterocycles. The van der Waals surface area contributed by atoms with Crippen molar-refractivity contribution in [3.8, 4) is 11.1 Å². The lowest BCUT2D eigenvalue weighted by atomic mass is 9.72. The lowest BCUT2D eigenvalue weighted by Gasteiger charge is -2.35. The molecule has 1 aliphatic rings. The number of carbonyl (C=O) groups excluding carboxylic acids is 2. The van der Waals surface area contributed by atoms with E-state index in [1.165, 1.54) is 5.56 Å². The second kappa shape index (κ2) is 15.2. The maximum atomic E-state index is 13.3. The minimum atomic E-state index is -0.216. The molecule has 3 aromatic carbocycles. The third-order valence-corrected chi connectivity index (χ3v) is 8.61. The number of nitrogens with zero attached hydrogens (tertiary/aromatic N) is 1. The summed E-state index contributed by atoms with van der Waals surface area (Å²) in [5, 5.41) is 3.82. The van der Waals surface area contributed by atoms with Gasteiger partial charge in [-0.25, -0.2) is 0 Å². The van der Waals surface area contributed by atoms with E-state index in [0.29, 0.717) is 23.6 Å². The number of nitrogens with one attached hydrogen (secondary N) is 1. The average molecular weight is 575 g/mol. The van der Waals surface area contributed by atoms with Crippen LogP contribution in [0, 0.1) is 0 Å². The summed E-state index contributed by atoms with van der Waals surface area (Å²) in [4.78, 5) is 28.5. The number of carbonyl (C=O) groups is 2. The average Bonchev–Trinajstić information content (AvgIpc) is 3.01. The molecule has 1 fully saturated rings. The molecule has 6 heteroatoms. The Hall–Kier alpha value is -3.15. The zero-order valence-electron chi connectivity index (χ0n) is 24.4. The molecule has 1 atom stereocenters. The van der Waals surface area contributed by atoms with Crippen molar-refractivity contribution >= 4 is 23.5 Å². The lowest BCUT2D eigenvalue weighted by Crippen LogP contribution is -2.45. The van der Waals surface area contributed by atoms with E-state index in [-0.39, 0.29) is 23.3 Å². The second-order valence-electron chi connectivity index (χ2n) is 11.1. The zero-order valence-corrected chi connectivity index (χ0v) is 25.2. The van der Waals surface area contributed by atoms with Gasteiger partial charge in [-0.05, 0) is 73.9 Å². The minimum Gasteiger partial charge on any atom is -0.466 e. The monoisotopic (exact) mass is 574 g/mol. The molecule has 41 heavy (non-hydrogen) atoms. The fraction of sp³-hybridized carbons (Fsp3) is 0.429. The van der Waals surface area contributed by atoms with Gasteiger partial charge in [-0.3, -0.25) is 9.59 Å². The highest BCUT2D eigenvalue weighted by Gasteiger charge is 2.33. The number of likely N-dealkylation sites (tertiary alicyclic amines) is 1. The molecule has 0 spiro atoms. The minimum absolute atomic E-state index is 0.0737. The van der Waals surface area contributed by atoms with Crippen LogP contribution in [0.5, 0.6) is 0 Å². The molecule has 4 rings (SSSR count). The third kappa shape index (κ3) is 8.43. The Kier molecular flexibility index (Phi) is 11.4. The Balaban J connectivity index is 1.31. The predicted molar refractivity (Wildman–Crippen MR) is 167 cm³/mol. The largest absolute Gasteiger partial charge is 0.466 e. The molecule has 1 saturated heterocycles. The lowest BCUT2D eigenvalue weighted by molar-refractivity contribution is -0.145. The number of rotatable bonds is 13. The maximum Gasteiger partial charge on any atom is 0.306 e. The number of halogens is 1. The number of hydrogen-bond donors (Lipinski definition) is 1. The van der Waals surface area contributed by atoms with Crippen LogP contribution in [0.3, 0.4) is 0 Å². The quantitative estimate of drug-likeness (QED) is 0.213. The van der Waals surface area contributed by atoms with Crippen LogP contribution in [-0.2, 0) is 14.9 Å². The molecular formula is C35H43ClN2O3. The summed E-state index contributed by atoms with van der Waals surface area (Å²) < 4.78 is 5.49. The second-order valence-corrected chi connectivity index (χ2v) is 11.6. The number of amides is 1. The van der Waals surface area contributed by atoms with Crippen LogP contribution in [0.15, 0.2) is 78.9 Å². The molecule has 0 aliphatic carbocycles. The van der Waals surface area contributed by atoms with Gasteiger partial charge in [0.25, 0.3) is 5.91 Å². The van der Waals surface area contributed by atoms with E-state index in [2.05, 4.69) is 41.4 Å². The molecule has 1 unspecified atom stereocenters. The molecule has 0 radical (unpaired) electrons. The van der Waals surface area contributed by atoms with Crippen molar-refractivity contribution in [2.45, 2.75) is 70.3 Å². The van der Waals surface area contributed by atoms with E-state index in [1.807, 2.05) is 55.5 Å². The Morgan fingerprint density at radius 2 is 1.66 bits per heavy atom. The van der Waals surface area contributed by atoms with Crippen molar-refractivity contribution in [2.75, 3.05) is 26.2 Å². The smallest absolute Gasteiger partial charge is 0.306 e. The molecule has 218 valence electrons. The summed E-state index contributed by atoms with van der Waals surface area (Å²) in [5.41, 5.74) is 3.50. The van der Waals surface area contributed by atoms with Crippen molar-refractivity contribution in [1.29, 1.82) is 0 Å². The van der Waals surface area contributed by atoms with Gasteiger partial charge < -0.3 is 15.0 Å². The molecule has 5 nitrogen and oxygen atoms in total. The van der Waals surface area contributed by atoms with Gasteiger partial charge in [-0.15, -0.1) is 0 Å². The van der Waals surface area contributed by atoms with Gasteiger partial charge >= 0.3 is 5.97 Å². The molecule has 0 aromatic heterocycles. The summed E-state index contributed by atoms with van der Waals surface area (Å²) in [6, 6.07) is 26.0. The summed E-state index contributed by atoms with van der Waals surface area (Å²) in [5.74, 6) is -0.181. The van der Waals surface area contributed by atoms with Crippen LogP contribution in [0.4, 0.5) is 0 Å². The molecule has 1 N–H and O–H groups in total. The van der Waals surface area contributed by atoms with Gasteiger partial charge in [-0.1, -0.05) is 92.2 Å². The number of piperidine rings is 1. The summed E-state index contributed by atoms with van der Waals surface area (Å²) in [6.45, 7) is 7.53. The van der Waals surface area contributed by atoms with Crippen molar-refractivity contribution in [3.63, 3.8) is 0 Å². The Morgan fingerprint density at radius 1 is 0.976 bits per heavy atom. The van der Waals surface area contributed by atoms with Gasteiger partial charge in [0, 0.05) is 35.1 Å². The SMILES string of the molecule is CCCOC(=O)CC(CC)(CCCN1CCC(NC(=O)c2cc(Cl)ccc2-c2ccccc2)CC1)c1ccccc1. The van der Waals surface area contributed by atoms with Crippen molar-refractivity contribution in [3.05, 3.63) is 95.0 Å². The first-order valence-electron chi connectivity index (χ1n) is 15.0. The molecule has 1 aliphatic heterocycles.